The van der Waals surface area contributed by atoms with Crippen molar-refractivity contribution in [2.24, 2.45) is 0 Å². The molecule has 0 bridgehead atoms. The smallest absolute Gasteiger partial charge is 0.243 e. The fourth-order valence-corrected chi connectivity index (χ4v) is 4.48. The van der Waals surface area contributed by atoms with Crippen LogP contribution in [-0.2, 0) is 16.6 Å². The second-order valence-electron chi connectivity index (χ2n) is 5.37. The molecule has 0 saturated heterocycles. The molecule has 3 aromatic rings. The molecule has 4 nitrogen and oxygen atoms in total. The quantitative estimate of drug-likeness (QED) is 0.691. The molecule has 130 valence electrons. The van der Waals surface area contributed by atoms with E-state index in [1.165, 1.54) is 29.5 Å². The third-order valence-electron chi connectivity index (χ3n) is 3.63. The van der Waals surface area contributed by atoms with E-state index in [2.05, 4.69) is 4.72 Å². The Labute approximate surface area is 149 Å². The van der Waals surface area contributed by atoms with Gasteiger partial charge in [-0.25, -0.2) is 17.5 Å². The number of halogens is 1. The lowest BCUT2D eigenvalue weighted by Gasteiger charge is -2.08. The summed E-state index contributed by atoms with van der Waals surface area (Å²) < 4.78 is 40.4. The molecule has 0 aliphatic rings. The molecule has 1 unspecified atom stereocenters. The van der Waals surface area contributed by atoms with Gasteiger partial charge in [0.05, 0.1) is 0 Å². The molecule has 0 aliphatic heterocycles. The van der Waals surface area contributed by atoms with Gasteiger partial charge in [0.1, 0.15) is 16.8 Å². The highest BCUT2D eigenvalue weighted by atomic mass is 32.2. The van der Waals surface area contributed by atoms with Gasteiger partial charge in [-0.05, 0) is 29.8 Å². The Hall–Kier alpha value is -2.06. The Morgan fingerprint density at radius 2 is 1.68 bits per heavy atom. The number of nitrogens with one attached hydrogen (secondary N) is 1. The summed E-state index contributed by atoms with van der Waals surface area (Å²) >= 11 is 1.31. The predicted molar refractivity (Wildman–Crippen MR) is 95.2 cm³/mol. The van der Waals surface area contributed by atoms with Gasteiger partial charge >= 0.3 is 0 Å². The number of sulfonamides is 1. The van der Waals surface area contributed by atoms with Crippen LogP contribution in [0.5, 0.6) is 0 Å². The molecule has 1 heterocycles. The molecule has 1 aromatic heterocycles. The van der Waals surface area contributed by atoms with Crippen LogP contribution in [0, 0.1) is 5.82 Å². The van der Waals surface area contributed by atoms with Gasteiger partial charge in [-0.3, -0.25) is 0 Å². The Kier molecular flexibility index (Phi) is 5.29. The van der Waals surface area contributed by atoms with Crippen molar-refractivity contribution in [2.75, 3.05) is 0 Å². The minimum Gasteiger partial charge on any atom is -0.383 e. The number of hydrogen-bond donors (Lipinski definition) is 2. The first-order valence-corrected chi connectivity index (χ1v) is 9.83. The summed E-state index contributed by atoms with van der Waals surface area (Å²) in [6.07, 6.45) is -0.761. The average molecular weight is 377 g/mol. The zero-order chi connectivity index (χ0) is 17.9. The van der Waals surface area contributed by atoms with Crippen LogP contribution < -0.4 is 4.72 Å². The first kappa shape index (κ1) is 17.8. The van der Waals surface area contributed by atoms with Crippen molar-refractivity contribution < 1.29 is 17.9 Å². The zero-order valence-corrected chi connectivity index (χ0v) is 14.7. The molecule has 0 radical (unpaired) electrons. The summed E-state index contributed by atoms with van der Waals surface area (Å²) in [6.45, 7) is 0.0306. The van der Waals surface area contributed by atoms with E-state index in [0.29, 0.717) is 4.88 Å². The first-order valence-electron chi connectivity index (χ1n) is 7.53. The SMILES string of the molecule is O=S(=O)(NCc1ccc(C(O)c2ccccc2)s1)c1ccccc1F. The van der Waals surface area contributed by atoms with Crippen LogP contribution in [0.2, 0.25) is 0 Å². The van der Waals surface area contributed by atoms with Crippen LogP contribution >= 0.6 is 11.3 Å². The maximum absolute atomic E-state index is 13.7. The summed E-state index contributed by atoms with van der Waals surface area (Å²) in [5.41, 5.74) is 0.767. The van der Waals surface area contributed by atoms with Crippen molar-refractivity contribution in [1.82, 2.24) is 4.72 Å². The van der Waals surface area contributed by atoms with Crippen LogP contribution in [0.25, 0.3) is 0 Å². The Bertz CT molecular complexity index is 955. The number of benzene rings is 2. The number of rotatable bonds is 6. The van der Waals surface area contributed by atoms with Gasteiger partial charge in [-0.2, -0.15) is 0 Å². The maximum Gasteiger partial charge on any atom is 0.243 e. The molecule has 0 aliphatic carbocycles. The van der Waals surface area contributed by atoms with E-state index in [-0.39, 0.29) is 11.4 Å². The van der Waals surface area contributed by atoms with Crippen LogP contribution in [0.1, 0.15) is 21.4 Å². The highest BCUT2D eigenvalue weighted by Gasteiger charge is 2.19. The van der Waals surface area contributed by atoms with E-state index in [1.54, 1.807) is 12.1 Å². The number of aliphatic hydroxyl groups excluding tert-OH is 1. The van der Waals surface area contributed by atoms with Crippen molar-refractivity contribution >= 4 is 21.4 Å². The Morgan fingerprint density at radius 1 is 1.00 bits per heavy atom. The summed E-state index contributed by atoms with van der Waals surface area (Å²) in [6, 6.07) is 17.9. The van der Waals surface area contributed by atoms with Crippen LogP contribution in [-0.4, -0.2) is 13.5 Å². The molecule has 2 N–H and O–H groups in total. The normalized spacial score (nSPS) is 12.9. The standard InChI is InChI=1S/C18H16FNO3S2/c19-15-8-4-5-9-17(15)25(22,23)20-12-14-10-11-16(24-14)18(21)13-6-2-1-3-7-13/h1-11,18,20-21H,12H2. The van der Waals surface area contributed by atoms with Crippen LogP contribution in [0.3, 0.4) is 0 Å². The van der Waals surface area contributed by atoms with Gasteiger partial charge in [0.2, 0.25) is 10.0 Å². The van der Waals surface area contributed by atoms with Gasteiger partial charge in [-0.1, -0.05) is 42.5 Å². The summed E-state index contributed by atoms with van der Waals surface area (Å²) in [7, 11) is -3.93. The summed E-state index contributed by atoms with van der Waals surface area (Å²) in [4.78, 5) is 1.06. The van der Waals surface area contributed by atoms with Crippen LogP contribution in [0.4, 0.5) is 4.39 Å². The molecule has 1 atom stereocenters. The second-order valence-corrected chi connectivity index (χ2v) is 8.31. The lowest BCUT2D eigenvalue weighted by atomic mass is 10.1. The lowest BCUT2D eigenvalue weighted by Crippen LogP contribution is -2.23. The van der Waals surface area contributed by atoms with Crippen molar-refractivity contribution in [2.45, 2.75) is 17.5 Å². The largest absolute Gasteiger partial charge is 0.383 e. The van der Waals surface area contributed by atoms with E-state index in [0.717, 1.165) is 16.5 Å². The fourth-order valence-electron chi connectivity index (χ4n) is 2.34. The molecule has 2 aromatic carbocycles. The third kappa shape index (κ3) is 4.13. The van der Waals surface area contributed by atoms with Crippen LogP contribution in [0.15, 0.2) is 71.6 Å². The van der Waals surface area contributed by atoms with E-state index in [9.17, 15) is 17.9 Å². The van der Waals surface area contributed by atoms with Crippen molar-refractivity contribution in [1.29, 1.82) is 0 Å². The van der Waals surface area contributed by atoms with Gasteiger partial charge in [0.15, 0.2) is 0 Å². The first-order chi connectivity index (χ1) is 12.0. The van der Waals surface area contributed by atoms with E-state index in [4.69, 9.17) is 0 Å². The fraction of sp³-hybridized carbons (Fsp3) is 0.111. The highest BCUT2D eigenvalue weighted by Crippen LogP contribution is 2.28. The molecule has 0 fully saturated rings. The molecular weight excluding hydrogens is 361 g/mol. The van der Waals surface area contributed by atoms with E-state index < -0.39 is 21.9 Å². The van der Waals surface area contributed by atoms with Gasteiger partial charge < -0.3 is 5.11 Å². The molecule has 0 spiro atoms. The summed E-state index contributed by atoms with van der Waals surface area (Å²) in [5, 5.41) is 10.4. The number of thiophene rings is 1. The number of aliphatic hydroxyl groups is 1. The molecule has 0 saturated carbocycles. The van der Waals surface area contributed by atoms with Crippen molar-refractivity contribution in [3.05, 3.63) is 87.9 Å². The maximum atomic E-state index is 13.7. The third-order valence-corrected chi connectivity index (χ3v) is 6.20. The lowest BCUT2D eigenvalue weighted by molar-refractivity contribution is 0.224. The molecule has 0 amide bonds. The van der Waals surface area contributed by atoms with Gasteiger partial charge in [-0.15, -0.1) is 11.3 Å². The highest BCUT2D eigenvalue weighted by molar-refractivity contribution is 7.89. The monoisotopic (exact) mass is 377 g/mol. The van der Waals surface area contributed by atoms with Gasteiger partial charge in [0.25, 0.3) is 0 Å². The molecule has 25 heavy (non-hydrogen) atoms. The predicted octanol–water partition coefficient (Wildman–Crippen LogP) is 3.45. The molecular formula is C18H16FNO3S2. The molecule has 7 heteroatoms. The van der Waals surface area contributed by atoms with Crippen molar-refractivity contribution in [3.8, 4) is 0 Å². The minimum absolute atomic E-state index is 0.0306. The Morgan fingerprint density at radius 3 is 2.40 bits per heavy atom. The van der Waals surface area contributed by atoms with Gasteiger partial charge in [0, 0.05) is 16.3 Å². The average Bonchev–Trinajstić information content (AvgIpc) is 3.09. The van der Waals surface area contributed by atoms with E-state index >= 15 is 0 Å². The van der Waals surface area contributed by atoms with E-state index in [1.807, 2.05) is 30.3 Å². The number of hydrogen-bond acceptors (Lipinski definition) is 4. The Balaban J connectivity index is 1.71. The summed E-state index contributed by atoms with van der Waals surface area (Å²) in [5.74, 6) is -0.790. The topological polar surface area (TPSA) is 66.4 Å². The zero-order valence-electron chi connectivity index (χ0n) is 13.1. The second kappa shape index (κ2) is 7.45. The van der Waals surface area contributed by atoms with Crippen molar-refractivity contribution in [3.63, 3.8) is 0 Å². The molecule has 3 rings (SSSR count). The minimum atomic E-state index is -3.93.